The minimum Gasteiger partial charge on any atom is -0.480 e. The first-order valence-corrected chi connectivity index (χ1v) is 8.08. The van der Waals surface area contributed by atoms with Gasteiger partial charge in [0, 0.05) is 18.5 Å². The molecule has 1 unspecified atom stereocenters. The van der Waals surface area contributed by atoms with Crippen molar-refractivity contribution in [2.24, 2.45) is 5.92 Å². The molecule has 3 nitrogen and oxygen atoms in total. The van der Waals surface area contributed by atoms with Crippen LogP contribution in [0.2, 0.25) is 0 Å². The van der Waals surface area contributed by atoms with E-state index in [1.54, 1.807) is 0 Å². The van der Waals surface area contributed by atoms with Gasteiger partial charge < -0.3 is 9.64 Å². The van der Waals surface area contributed by atoms with Crippen LogP contribution in [0.3, 0.4) is 0 Å². The van der Waals surface area contributed by atoms with Crippen LogP contribution in [0.15, 0.2) is 42.5 Å². The third-order valence-corrected chi connectivity index (χ3v) is 4.50. The molecule has 116 valence electrons. The van der Waals surface area contributed by atoms with Gasteiger partial charge in [-0.05, 0) is 37.1 Å². The number of hydrogen-bond donors (Lipinski definition) is 0. The quantitative estimate of drug-likeness (QED) is 0.861. The molecule has 0 spiro atoms. The Hall–Kier alpha value is -2.03. The van der Waals surface area contributed by atoms with Crippen LogP contribution in [-0.4, -0.2) is 30.0 Å². The number of hydrogen-bond acceptors (Lipinski definition) is 2. The molecule has 1 atom stereocenters. The minimum atomic E-state index is -0.445. The number of likely N-dealkylation sites (tertiary alicyclic amines) is 1. The highest BCUT2D eigenvalue weighted by Crippen LogP contribution is 2.26. The van der Waals surface area contributed by atoms with Crippen molar-refractivity contribution in [1.82, 2.24) is 4.90 Å². The number of carbonyl (C=O) groups is 1. The summed E-state index contributed by atoms with van der Waals surface area (Å²) in [6, 6.07) is 14.1. The van der Waals surface area contributed by atoms with E-state index in [0.29, 0.717) is 0 Å². The molecule has 0 aromatic heterocycles. The predicted molar refractivity (Wildman–Crippen MR) is 89.0 cm³/mol. The third kappa shape index (κ3) is 3.08. The van der Waals surface area contributed by atoms with Gasteiger partial charge >= 0.3 is 0 Å². The van der Waals surface area contributed by atoms with E-state index in [9.17, 15) is 4.79 Å². The zero-order valence-corrected chi connectivity index (χ0v) is 13.3. The van der Waals surface area contributed by atoms with E-state index in [1.165, 1.54) is 0 Å². The maximum absolute atomic E-state index is 12.5. The summed E-state index contributed by atoms with van der Waals surface area (Å²) in [6.45, 7) is 5.80. The van der Waals surface area contributed by atoms with Crippen molar-refractivity contribution < 1.29 is 9.53 Å². The van der Waals surface area contributed by atoms with Gasteiger partial charge in [0.05, 0.1) is 0 Å². The second-order valence-electron chi connectivity index (χ2n) is 6.25. The highest BCUT2D eigenvalue weighted by molar-refractivity contribution is 5.89. The number of carbonyl (C=O) groups excluding carboxylic acids is 1. The van der Waals surface area contributed by atoms with Gasteiger partial charge in [0.1, 0.15) is 5.75 Å². The topological polar surface area (TPSA) is 29.5 Å². The van der Waals surface area contributed by atoms with Crippen molar-refractivity contribution in [3.63, 3.8) is 0 Å². The summed E-state index contributed by atoms with van der Waals surface area (Å²) in [5.74, 6) is 1.60. The van der Waals surface area contributed by atoms with Crippen molar-refractivity contribution in [3.05, 3.63) is 42.5 Å². The fourth-order valence-corrected chi connectivity index (χ4v) is 3.03. The molecule has 2 aromatic carbocycles. The van der Waals surface area contributed by atoms with Crippen LogP contribution >= 0.6 is 0 Å². The number of benzene rings is 2. The molecule has 3 heteroatoms. The van der Waals surface area contributed by atoms with Crippen LogP contribution in [0.25, 0.3) is 10.8 Å². The molecule has 1 aliphatic rings. The summed E-state index contributed by atoms with van der Waals surface area (Å²) >= 11 is 0. The van der Waals surface area contributed by atoms with E-state index in [2.05, 4.69) is 19.1 Å². The van der Waals surface area contributed by atoms with E-state index >= 15 is 0 Å². The Balaban J connectivity index is 1.73. The second-order valence-corrected chi connectivity index (χ2v) is 6.25. The van der Waals surface area contributed by atoms with E-state index in [0.717, 1.165) is 48.4 Å². The number of rotatable bonds is 3. The van der Waals surface area contributed by atoms with Gasteiger partial charge in [0.25, 0.3) is 5.91 Å². The van der Waals surface area contributed by atoms with Crippen LogP contribution in [0.1, 0.15) is 26.7 Å². The normalized spacial score (nSPS) is 17.5. The highest BCUT2D eigenvalue weighted by Gasteiger charge is 2.25. The summed E-state index contributed by atoms with van der Waals surface area (Å²) in [5, 5.41) is 2.18. The van der Waals surface area contributed by atoms with Gasteiger partial charge in [0.15, 0.2) is 6.10 Å². The van der Waals surface area contributed by atoms with Crippen molar-refractivity contribution in [2.45, 2.75) is 32.8 Å². The fourth-order valence-electron chi connectivity index (χ4n) is 3.03. The molecule has 2 aromatic rings. The summed E-state index contributed by atoms with van der Waals surface area (Å²) in [7, 11) is 0. The summed E-state index contributed by atoms with van der Waals surface area (Å²) < 4.78 is 5.98. The second kappa shape index (κ2) is 6.39. The first-order chi connectivity index (χ1) is 10.6. The van der Waals surface area contributed by atoms with E-state index in [4.69, 9.17) is 4.74 Å². The zero-order valence-electron chi connectivity index (χ0n) is 13.3. The average Bonchev–Trinajstić information content (AvgIpc) is 2.55. The van der Waals surface area contributed by atoms with Crippen LogP contribution in [0.4, 0.5) is 0 Å². The van der Waals surface area contributed by atoms with Gasteiger partial charge in [-0.3, -0.25) is 4.79 Å². The van der Waals surface area contributed by atoms with Crippen LogP contribution in [0, 0.1) is 5.92 Å². The smallest absolute Gasteiger partial charge is 0.263 e. The Kier molecular flexibility index (Phi) is 4.32. The zero-order chi connectivity index (χ0) is 15.5. The van der Waals surface area contributed by atoms with E-state index in [-0.39, 0.29) is 5.91 Å². The Morgan fingerprint density at radius 1 is 1.14 bits per heavy atom. The molecular weight excluding hydrogens is 274 g/mol. The molecule has 0 radical (unpaired) electrons. The number of fused-ring (bicyclic) bond motifs is 1. The molecule has 0 saturated carbocycles. The van der Waals surface area contributed by atoms with Gasteiger partial charge in [-0.1, -0.05) is 43.3 Å². The first kappa shape index (κ1) is 14.9. The largest absolute Gasteiger partial charge is 0.480 e. The number of nitrogens with zero attached hydrogens (tertiary/aromatic N) is 1. The number of piperidine rings is 1. The molecule has 1 saturated heterocycles. The Labute approximate surface area is 131 Å². The van der Waals surface area contributed by atoms with Crippen molar-refractivity contribution in [3.8, 4) is 5.75 Å². The van der Waals surface area contributed by atoms with Crippen molar-refractivity contribution >= 4 is 16.7 Å². The average molecular weight is 297 g/mol. The predicted octanol–water partition coefficient (Wildman–Crippen LogP) is 3.87. The van der Waals surface area contributed by atoms with Crippen molar-refractivity contribution in [2.75, 3.05) is 13.1 Å². The third-order valence-electron chi connectivity index (χ3n) is 4.50. The maximum atomic E-state index is 12.5. The Morgan fingerprint density at radius 2 is 1.82 bits per heavy atom. The van der Waals surface area contributed by atoms with Gasteiger partial charge in [-0.25, -0.2) is 0 Å². The summed E-state index contributed by atoms with van der Waals surface area (Å²) in [4.78, 5) is 14.5. The Morgan fingerprint density at radius 3 is 2.59 bits per heavy atom. The lowest BCUT2D eigenvalue weighted by Crippen LogP contribution is -2.44. The SMILES string of the molecule is CC1CCN(C(=O)C(C)Oc2cccc3ccccc23)CC1. The number of ether oxygens (including phenoxy) is 1. The lowest BCUT2D eigenvalue weighted by Gasteiger charge is -2.32. The molecule has 0 bridgehead atoms. The maximum Gasteiger partial charge on any atom is 0.263 e. The fraction of sp³-hybridized carbons (Fsp3) is 0.421. The van der Waals surface area contributed by atoms with Crippen molar-refractivity contribution in [1.29, 1.82) is 0 Å². The van der Waals surface area contributed by atoms with Gasteiger partial charge in [-0.15, -0.1) is 0 Å². The number of amides is 1. The van der Waals surface area contributed by atoms with Crippen LogP contribution in [0.5, 0.6) is 5.75 Å². The molecule has 0 aliphatic carbocycles. The van der Waals surface area contributed by atoms with Crippen LogP contribution in [-0.2, 0) is 4.79 Å². The molecule has 1 aliphatic heterocycles. The van der Waals surface area contributed by atoms with Crippen LogP contribution < -0.4 is 4.74 Å². The lowest BCUT2D eigenvalue weighted by molar-refractivity contribution is -0.139. The first-order valence-electron chi connectivity index (χ1n) is 8.08. The Bertz CT molecular complexity index is 654. The van der Waals surface area contributed by atoms with E-state index in [1.807, 2.05) is 42.2 Å². The minimum absolute atomic E-state index is 0.0971. The molecule has 0 N–H and O–H groups in total. The van der Waals surface area contributed by atoms with E-state index < -0.39 is 6.10 Å². The molecular formula is C19H23NO2. The standard InChI is InChI=1S/C19H23NO2/c1-14-10-12-20(13-11-14)19(21)15(2)22-18-9-5-7-16-6-3-4-8-17(16)18/h3-9,14-15H,10-13H2,1-2H3. The van der Waals surface area contributed by atoms with Gasteiger partial charge in [-0.2, -0.15) is 0 Å². The summed E-state index contributed by atoms with van der Waals surface area (Å²) in [6.07, 6.45) is 1.73. The monoisotopic (exact) mass is 297 g/mol. The molecule has 1 heterocycles. The van der Waals surface area contributed by atoms with Gasteiger partial charge in [0.2, 0.25) is 0 Å². The molecule has 22 heavy (non-hydrogen) atoms. The molecule has 1 fully saturated rings. The molecule has 1 amide bonds. The highest BCUT2D eigenvalue weighted by atomic mass is 16.5. The lowest BCUT2D eigenvalue weighted by atomic mass is 9.99. The summed E-state index contributed by atoms with van der Waals surface area (Å²) in [5.41, 5.74) is 0. The molecule has 3 rings (SSSR count).